The molecule has 0 amide bonds. The van der Waals surface area contributed by atoms with Crippen LogP contribution in [0.3, 0.4) is 0 Å². The van der Waals surface area contributed by atoms with Crippen molar-refractivity contribution >= 4 is 11.8 Å². The maximum atomic E-state index is 12.2. The third-order valence-electron chi connectivity index (χ3n) is 10.9. The van der Waals surface area contributed by atoms with Crippen molar-refractivity contribution in [3.63, 3.8) is 0 Å². The van der Waals surface area contributed by atoms with Crippen LogP contribution in [0, 0.1) is 52.3 Å². The summed E-state index contributed by atoms with van der Waals surface area (Å²) < 4.78 is 6.22. The van der Waals surface area contributed by atoms with Gasteiger partial charge in [-0.25, -0.2) is 0 Å². The molecule has 0 radical (unpaired) electrons. The number of allylic oxidation sites excluding steroid dienone is 1. The van der Waals surface area contributed by atoms with Gasteiger partial charge in [0.15, 0.2) is 5.78 Å². The lowest BCUT2D eigenvalue weighted by atomic mass is 9.45. The fourth-order valence-corrected chi connectivity index (χ4v) is 9.74. The zero-order chi connectivity index (χ0) is 18.3. The quantitative estimate of drug-likeness (QED) is 0.600. The van der Waals surface area contributed by atoms with E-state index in [0.29, 0.717) is 24.0 Å². The zero-order valence-corrected chi connectivity index (χ0v) is 16.5. The highest BCUT2D eigenvalue weighted by Crippen LogP contribution is 2.82. The van der Waals surface area contributed by atoms with Gasteiger partial charge in [-0.05, 0) is 85.5 Å². The molecule has 1 aliphatic heterocycles. The zero-order valence-electron chi connectivity index (χ0n) is 16.5. The summed E-state index contributed by atoms with van der Waals surface area (Å²) in [6.07, 6.45) is 10.6. The van der Waals surface area contributed by atoms with Crippen LogP contribution in [0.5, 0.6) is 0 Å². The topological polar surface area (TPSA) is 43.4 Å². The van der Waals surface area contributed by atoms with Crippen molar-refractivity contribution in [1.82, 2.24) is 0 Å². The number of ether oxygens (including phenoxy) is 1. The van der Waals surface area contributed by atoms with Crippen molar-refractivity contribution in [3.05, 3.63) is 11.6 Å². The minimum atomic E-state index is -0.131. The van der Waals surface area contributed by atoms with E-state index in [1.54, 1.807) is 0 Å². The number of rotatable bonds is 0. The van der Waals surface area contributed by atoms with E-state index in [4.69, 9.17) is 4.74 Å². The summed E-state index contributed by atoms with van der Waals surface area (Å²) in [5, 5.41) is 0. The molecule has 6 unspecified atom stereocenters. The van der Waals surface area contributed by atoms with E-state index >= 15 is 0 Å². The van der Waals surface area contributed by atoms with E-state index in [1.807, 2.05) is 0 Å². The van der Waals surface area contributed by atoms with Gasteiger partial charge in [0.05, 0.1) is 0 Å². The van der Waals surface area contributed by atoms with Gasteiger partial charge in [0.1, 0.15) is 5.60 Å². The first kappa shape index (κ1) is 15.8. The summed E-state index contributed by atoms with van der Waals surface area (Å²) in [5.74, 6) is 5.65. The van der Waals surface area contributed by atoms with Crippen molar-refractivity contribution in [2.24, 2.45) is 52.3 Å². The van der Waals surface area contributed by atoms with Crippen molar-refractivity contribution in [1.29, 1.82) is 0 Å². The molecule has 144 valence electrons. The van der Waals surface area contributed by atoms with Gasteiger partial charge in [-0.15, -0.1) is 0 Å². The van der Waals surface area contributed by atoms with Gasteiger partial charge >= 0.3 is 5.97 Å². The molecule has 0 N–H and O–H groups in total. The Kier molecular flexibility index (Phi) is 2.56. The number of hydrogen-bond acceptors (Lipinski definition) is 3. The Morgan fingerprint density at radius 3 is 2.63 bits per heavy atom. The number of carbonyl (C=O) groups is 2. The van der Waals surface area contributed by atoms with E-state index in [1.165, 1.54) is 31.3 Å². The highest BCUT2D eigenvalue weighted by molar-refractivity contribution is 5.92. The molecule has 0 aromatic rings. The van der Waals surface area contributed by atoms with Crippen molar-refractivity contribution in [3.8, 4) is 0 Å². The molecule has 1 saturated heterocycles. The molecule has 0 bridgehead atoms. The van der Waals surface area contributed by atoms with E-state index in [0.717, 1.165) is 48.9 Å². The standard InChI is InChI=1S/C24H30O3/c1-22-6-3-12(25)9-17(22)13-10-14(13)20-16(22)4-7-23(2)21(20)15-11-18(15)24(23)8-5-19(26)27-24/h9,13-16,18,20-21H,3-8,10-11H2,1-2H3/t13?,14?,15?,16?,18-,20?,21?,22+,23-,24-/m0/s1. The van der Waals surface area contributed by atoms with Crippen molar-refractivity contribution < 1.29 is 14.3 Å². The molecule has 1 heterocycles. The summed E-state index contributed by atoms with van der Waals surface area (Å²) in [6, 6.07) is 0. The Bertz CT molecular complexity index is 827. The Hall–Kier alpha value is -1.12. The molecular weight excluding hydrogens is 336 g/mol. The molecule has 3 heteroatoms. The van der Waals surface area contributed by atoms with Crippen LogP contribution in [-0.4, -0.2) is 17.4 Å². The van der Waals surface area contributed by atoms with Gasteiger partial charge in [-0.3, -0.25) is 9.59 Å². The van der Waals surface area contributed by atoms with Crippen LogP contribution in [0.2, 0.25) is 0 Å². The number of fused-ring (bicyclic) bond motifs is 12. The first-order chi connectivity index (χ1) is 12.9. The third kappa shape index (κ3) is 1.58. The van der Waals surface area contributed by atoms with E-state index in [2.05, 4.69) is 19.9 Å². The molecule has 6 aliphatic carbocycles. The molecular formula is C24H30O3. The lowest BCUT2D eigenvalue weighted by Gasteiger charge is -2.60. The molecule has 0 aromatic carbocycles. The maximum Gasteiger partial charge on any atom is 0.306 e. The van der Waals surface area contributed by atoms with Crippen molar-refractivity contribution in [2.45, 2.75) is 70.8 Å². The van der Waals surface area contributed by atoms with Gasteiger partial charge in [-0.1, -0.05) is 19.4 Å². The van der Waals surface area contributed by atoms with Crippen LogP contribution in [0.25, 0.3) is 0 Å². The van der Waals surface area contributed by atoms with Gasteiger partial charge < -0.3 is 4.74 Å². The van der Waals surface area contributed by atoms with Gasteiger partial charge in [-0.2, -0.15) is 0 Å². The van der Waals surface area contributed by atoms with Crippen molar-refractivity contribution in [2.75, 3.05) is 0 Å². The second kappa shape index (κ2) is 4.39. The number of carbonyl (C=O) groups excluding carboxylic acids is 2. The fourth-order valence-electron chi connectivity index (χ4n) is 9.74. The smallest absolute Gasteiger partial charge is 0.306 e. The summed E-state index contributed by atoms with van der Waals surface area (Å²) in [7, 11) is 0. The average Bonchev–Trinajstić information content (AvgIpc) is 3.53. The molecule has 1 spiro atoms. The second-order valence-corrected chi connectivity index (χ2v) is 11.5. The van der Waals surface area contributed by atoms with E-state index in [-0.39, 0.29) is 22.4 Å². The minimum Gasteiger partial charge on any atom is -0.458 e. The van der Waals surface area contributed by atoms with Crippen LogP contribution < -0.4 is 0 Å². The summed E-state index contributed by atoms with van der Waals surface area (Å²) in [4.78, 5) is 24.3. The molecule has 5 saturated carbocycles. The maximum absolute atomic E-state index is 12.2. The molecule has 7 rings (SSSR count). The average molecular weight is 367 g/mol. The molecule has 7 aliphatic rings. The number of hydrogen-bond donors (Lipinski definition) is 0. The summed E-state index contributed by atoms with van der Waals surface area (Å²) in [5.41, 5.74) is 1.85. The largest absolute Gasteiger partial charge is 0.458 e. The first-order valence-corrected chi connectivity index (χ1v) is 11.4. The Morgan fingerprint density at radius 2 is 1.85 bits per heavy atom. The van der Waals surface area contributed by atoms with Crippen LogP contribution in [0.4, 0.5) is 0 Å². The Labute approximate surface area is 161 Å². The fraction of sp³-hybridized carbons (Fsp3) is 0.833. The number of esters is 1. The second-order valence-electron chi connectivity index (χ2n) is 11.5. The van der Waals surface area contributed by atoms with Crippen LogP contribution >= 0.6 is 0 Å². The summed E-state index contributed by atoms with van der Waals surface area (Å²) >= 11 is 0. The molecule has 10 atom stereocenters. The molecule has 0 aromatic heterocycles. The predicted octanol–water partition coefficient (Wildman–Crippen LogP) is 4.31. The predicted molar refractivity (Wildman–Crippen MR) is 99.5 cm³/mol. The molecule has 3 nitrogen and oxygen atoms in total. The third-order valence-corrected chi connectivity index (χ3v) is 10.9. The van der Waals surface area contributed by atoms with E-state index in [9.17, 15) is 9.59 Å². The highest BCUT2D eigenvalue weighted by atomic mass is 16.6. The van der Waals surface area contributed by atoms with Gasteiger partial charge in [0.2, 0.25) is 0 Å². The lowest BCUT2D eigenvalue weighted by molar-refractivity contribution is -0.177. The van der Waals surface area contributed by atoms with Crippen LogP contribution in [0.1, 0.15) is 65.2 Å². The number of ketones is 1. The lowest BCUT2D eigenvalue weighted by Crippen LogP contribution is -2.57. The van der Waals surface area contributed by atoms with Crippen LogP contribution in [-0.2, 0) is 14.3 Å². The SMILES string of the molecule is C[C@]12CCC(=O)C=C1C1CC1C1C2CC[C@@]2(C)C1C1C[C@@H]1[C@@]21CCC(=O)O1. The minimum absolute atomic E-state index is 0.0561. The molecule has 6 fully saturated rings. The molecule has 27 heavy (non-hydrogen) atoms. The highest BCUT2D eigenvalue weighted by Gasteiger charge is 2.81. The van der Waals surface area contributed by atoms with E-state index < -0.39 is 0 Å². The van der Waals surface area contributed by atoms with Crippen LogP contribution in [0.15, 0.2) is 11.6 Å². The first-order valence-electron chi connectivity index (χ1n) is 11.4. The Morgan fingerprint density at radius 1 is 1.00 bits per heavy atom. The van der Waals surface area contributed by atoms with Gasteiger partial charge in [0, 0.05) is 24.2 Å². The Balaban J connectivity index is 1.33. The van der Waals surface area contributed by atoms with Gasteiger partial charge in [0.25, 0.3) is 0 Å². The normalized spacial score (nSPS) is 62.0. The monoisotopic (exact) mass is 366 g/mol. The summed E-state index contributed by atoms with van der Waals surface area (Å²) in [6.45, 7) is 4.99.